The topological polar surface area (TPSA) is 69.2 Å². The molecular weight excluding hydrogens is 296 g/mol. The molecule has 0 atom stereocenters. The first kappa shape index (κ1) is 15.6. The Balaban J connectivity index is 1.83. The Bertz CT molecular complexity index is 661. The Labute approximate surface area is 135 Å². The van der Waals surface area contributed by atoms with Crippen LogP contribution in [0, 0.1) is 5.92 Å². The van der Waals surface area contributed by atoms with E-state index in [2.05, 4.69) is 10.3 Å². The number of nitrogens with zero attached hydrogens (tertiary/aromatic N) is 1. The fourth-order valence-electron chi connectivity index (χ4n) is 2.75. The molecule has 0 spiro atoms. The van der Waals surface area contributed by atoms with Gasteiger partial charge in [-0.15, -0.1) is 0 Å². The third-order valence-corrected chi connectivity index (χ3v) is 4.03. The van der Waals surface area contributed by atoms with E-state index in [4.69, 9.17) is 14.2 Å². The SMILES string of the molecule is COc1ccc(/C=C2/N=C(C3CCOCC3)NC2=O)cc1OC. The molecule has 0 radical (unpaired) electrons. The van der Waals surface area contributed by atoms with Gasteiger partial charge in [-0.1, -0.05) is 6.07 Å². The normalized spacial score (nSPS) is 20.3. The molecule has 1 amide bonds. The lowest BCUT2D eigenvalue weighted by atomic mass is 9.99. The molecule has 1 fully saturated rings. The average Bonchev–Trinajstić information content (AvgIpc) is 2.96. The number of amides is 1. The van der Waals surface area contributed by atoms with Crippen LogP contribution in [0.1, 0.15) is 18.4 Å². The van der Waals surface area contributed by atoms with Crippen molar-refractivity contribution in [1.29, 1.82) is 0 Å². The maximum atomic E-state index is 12.1. The summed E-state index contributed by atoms with van der Waals surface area (Å²) in [6.45, 7) is 1.43. The number of benzene rings is 1. The van der Waals surface area contributed by atoms with Gasteiger partial charge in [0.05, 0.1) is 14.2 Å². The van der Waals surface area contributed by atoms with Crippen LogP contribution in [0.4, 0.5) is 0 Å². The van der Waals surface area contributed by atoms with Gasteiger partial charge in [0.2, 0.25) is 0 Å². The van der Waals surface area contributed by atoms with Gasteiger partial charge in [-0.25, -0.2) is 4.99 Å². The van der Waals surface area contributed by atoms with Gasteiger partial charge in [-0.3, -0.25) is 4.79 Å². The van der Waals surface area contributed by atoms with Gasteiger partial charge in [0.15, 0.2) is 11.5 Å². The number of hydrogen-bond donors (Lipinski definition) is 1. The summed E-state index contributed by atoms with van der Waals surface area (Å²) in [7, 11) is 3.17. The molecule has 1 saturated heterocycles. The van der Waals surface area contributed by atoms with Crippen molar-refractivity contribution in [1.82, 2.24) is 5.32 Å². The highest BCUT2D eigenvalue weighted by molar-refractivity contribution is 6.15. The number of hydrogen-bond acceptors (Lipinski definition) is 5. The maximum absolute atomic E-state index is 12.1. The molecule has 0 aromatic heterocycles. The van der Waals surface area contributed by atoms with E-state index in [-0.39, 0.29) is 11.8 Å². The molecule has 2 heterocycles. The van der Waals surface area contributed by atoms with Crippen molar-refractivity contribution in [3.63, 3.8) is 0 Å². The summed E-state index contributed by atoms with van der Waals surface area (Å²) >= 11 is 0. The Morgan fingerprint density at radius 3 is 2.65 bits per heavy atom. The number of nitrogens with one attached hydrogen (secondary N) is 1. The number of amidine groups is 1. The van der Waals surface area contributed by atoms with E-state index in [0.29, 0.717) is 30.4 Å². The lowest BCUT2D eigenvalue weighted by Gasteiger charge is -2.21. The summed E-state index contributed by atoms with van der Waals surface area (Å²) in [6, 6.07) is 5.49. The number of rotatable bonds is 4. The van der Waals surface area contributed by atoms with Crippen molar-refractivity contribution in [2.75, 3.05) is 27.4 Å². The number of carbonyl (C=O) groups is 1. The number of carbonyl (C=O) groups excluding carboxylic acids is 1. The smallest absolute Gasteiger partial charge is 0.275 e. The van der Waals surface area contributed by atoms with E-state index in [1.54, 1.807) is 26.4 Å². The average molecular weight is 316 g/mol. The second-order valence-corrected chi connectivity index (χ2v) is 5.48. The van der Waals surface area contributed by atoms with Crippen molar-refractivity contribution in [2.24, 2.45) is 10.9 Å². The van der Waals surface area contributed by atoms with E-state index in [0.717, 1.165) is 24.2 Å². The van der Waals surface area contributed by atoms with Crippen LogP contribution in [0.5, 0.6) is 11.5 Å². The summed E-state index contributed by atoms with van der Waals surface area (Å²) in [5, 5.41) is 2.88. The molecule has 0 saturated carbocycles. The highest BCUT2D eigenvalue weighted by Gasteiger charge is 2.27. The molecule has 0 aliphatic carbocycles. The van der Waals surface area contributed by atoms with E-state index < -0.39 is 0 Å². The van der Waals surface area contributed by atoms with Crippen molar-refractivity contribution in [3.8, 4) is 11.5 Å². The van der Waals surface area contributed by atoms with Crippen LogP contribution in [0.3, 0.4) is 0 Å². The van der Waals surface area contributed by atoms with Crippen LogP contribution >= 0.6 is 0 Å². The molecule has 0 unspecified atom stereocenters. The number of aliphatic imine (C=N–C) groups is 1. The molecule has 1 aromatic rings. The fraction of sp³-hybridized carbons (Fsp3) is 0.412. The molecule has 0 bridgehead atoms. The van der Waals surface area contributed by atoms with Crippen molar-refractivity contribution < 1.29 is 19.0 Å². The minimum Gasteiger partial charge on any atom is -0.493 e. The zero-order valence-electron chi connectivity index (χ0n) is 13.3. The minimum absolute atomic E-state index is 0.165. The molecule has 122 valence electrons. The second-order valence-electron chi connectivity index (χ2n) is 5.48. The highest BCUT2D eigenvalue weighted by atomic mass is 16.5. The number of ether oxygens (including phenoxy) is 3. The van der Waals surface area contributed by atoms with Crippen molar-refractivity contribution >= 4 is 17.8 Å². The maximum Gasteiger partial charge on any atom is 0.275 e. The molecule has 23 heavy (non-hydrogen) atoms. The lowest BCUT2D eigenvalue weighted by molar-refractivity contribution is -0.115. The van der Waals surface area contributed by atoms with Crippen LogP contribution in [0.25, 0.3) is 6.08 Å². The summed E-state index contributed by atoms with van der Waals surface area (Å²) in [6.07, 6.45) is 3.54. The summed E-state index contributed by atoms with van der Waals surface area (Å²) in [4.78, 5) is 16.6. The molecule has 3 rings (SSSR count). The first-order valence-corrected chi connectivity index (χ1v) is 7.62. The minimum atomic E-state index is -0.165. The van der Waals surface area contributed by atoms with Gasteiger partial charge in [0.25, 0.3) is 5.91 Å². The third kappa shape index (κ3) is 3.37. The van der Waals surface area contributed by atoms with Gasteiger partial charge in [-0.05, 0) is 36.6 Å². The van der Waals surface area contributed by atoms with E-state index in [1.807, 2.05) is 12.1 Å². The molecule has 1 aromatic carbocycles. The summed E-state index contributed by atoms with van der Waals surface area (Å²) in [5.74, 6) is 2.13. The Hall–Kier alpha value is -2.34. The Morgan fingerprint density at radius 1 is 1.22 bits per heavy atom. The van der Waals surface area contributed by atoms with Gasteiger partial charge < -0.3 is 19.5 Å². The second kappa shape index (κ2) is 6.83. The van der Waals surface area contributed by atoms with Gasteiger partial charge in [-0.2, -0.15) is 0 Å². The van der Waals surface area contributed by atoms with Crippen LogP contribution in [-0.2, 0) is 9.53 Å². The largest absolute Gasteiger partial charge is 0.493 e. The van der Waals surface area contributed by atoms with Crippen molar-refractivity contribution in [3.05, 3.63) is 29.5 Å². The van der Waals surface area contributed by atoms with Crippen LogP contribution in [0.15, 0.2) is 28.9 Å². The van der Waals surface area contributed by atoms with Crippen LogP contribution in [0.2, 0.25) is 0 Å². The van der Waals surface area contributed by atoms with E-state index in [1.165, 1.54) is 0 Å². The predicted molar refractivity (Wildman–Crippen MR) is 86.6 cm³/mol. The molecular formula is C17H20N2O4. The summed E-state index contributed by atoms with van der Waals surface area (Å²) in [5.41, 5.74) is 1.25. The van der Waals surface area contributed by atoms with E-state index in [9.17, 15) is 4.79 Å². The zero-order chi connectivity index (χ0) is 16.2. The van der Waals surface area contributed by atoms with E-state index >= 15 is 0 Å². The predicted octanol–water partition coefficient (Wildman–Crippen LogP) is 2.00. The lowest BCUT2D eigenvalue weighted by Crippen LogP contribution is -2.33. The standard InChI is InChI=1S/C17H20N2O4/c1-21-14-4-3-11(10-15(14)22-2)9-13-17(20)19-16(18-13)12-5-7-23-8-6-12/h3-4,9-10,12H,5-8H2,1-2H3,(H,18,19,20)/b13-9+. The quantitative estimate of drug-likeness (QED) is 0.863. The third-order valence-electron chi connectivity index (χ3n) is 4.03. The first-order valence-electron chi connectivity index (χ1n) is 7.62. The van der Waals surface area contributed by atoms with Crippen molar-refractivity contribution in [2.45, 2.75) is 12.8 Å². The monoisotopic (exact) mass is 316 g/mol. The molecule has 2 aliphatic rings. The molecule has 6 nitrogen and oxygen atoms in total. The summed E-state index contributed by atoms with van der Waals surface area (Å²) < 4.78 is 15.8. The van der Waals surface area contributed by atoms with Crippen LogP contribution < -0.4 is 14.8 Å². The zero-order valence-corrected chi connectivity index (χ0v) is 13.3. The number of methoxy groups -OCH3 is 2. The first-order chi connectivity index (χ1) is 11.2. The molecule has 2 aliphatic heterocycles. The Morgan fingerprint density at radius 2 is 1.96 bits per heavy atom. The van der Waals surface area contributed by atoms with Gasteiger partial charge >= 0.3 is 0 Å². The van der Waals surface area contributed by atoms with Gasteiger partial charge in [0.1, 0.15) is 11.5 Å². The molecule has 1 N–H and O–H groups in total. The highest BCUT2D eigenvalue weighted by Crippen LogP contribution is 2.29. The van der Waals surface area contributed by atoms with Crippen LogP contribution in [-0.4, -0.2) is 39.2 Å². The fourth-order valence-corrected chi connectivity index (χ4v) is 2.75. The van der Waals surface area contributed by atoms with Gasteiger partial charge in [0, 0.05) is 19.1 Å². The Kier molecular flexibility index (Phi) is 4.62. The molecule has 6 heteroatoms.